The van der Waals surface area contributed by atoms with E-state index in [2.05, 4.69) is 60.7 Å². The van der Waals surface area contributed by atoms with Crippen LogP contribution in [0.3, 0.4) is 0 Å². The smallest absolute Gasteiger partial charge is 0.191 e. The van der Waals surface area contributed by atoms with Crippen LogP contribution in [-0.4, -0.2) is 106 Å². The Hall–Kier alpha value is -1.67. The number of rotatable bonds is 8. The number of piperazine rings is 1. The lowest BCUT2D eigenvalue weighted by Crippen LogP contribution is -2.49. The summed E-state index contributed by atoms with van der Waals surface area (Å²) < 4.78 is 5.39. The number of ether oxygens (including phenoxy) is 1. The van der Waals surface area contributed by atoms with E-state index in [4.69, 9.17) is 4.74 Å². The Labute approximate surface area is 169 Å². The quantitative estimate of drug-likeness (QED) is 0.494. The highest BCUT2D eigenvalue weighted by molar-refractivity contribution is 5.79. The first-order chi connectivity index (χ1) is 13.8. The molecule has 0 aromatic heterocycles. The Kier molecular flexibility index (Phi) is 9.03. The van der Waals surface area contributed by atoms with Gasteiger partial charge < -0.3 is 15.4 Å². The molecule has 2 N–H and O–H groups in total. The number of nitrogens with zero attached hydrogens (tertiary/aromatic N) is 4. The Morgan fingerprint density at radius 1 is 0.857 bits per heavy atom. The van der Waals surface area contributed by atoms with E-state index in [0.29, 0.717) is 0 Å². The van der Waals surface area contributed by atoms with Crippen molar-refractivity contribution in [2.75, 3.05) is 85.7 Å². The first-order valence-corrected chi connectivity index (χ1v) is 10.6. The van der Waals surface area contributed by atoms with Crippen LogP contribution in [0.15, 0.2) is 35.3 Å². The molecule has 0 radical (unpaired) electrons. The molecule has 3 rings (SSSR count). The average molecular weight is 389 g/mol. The molecule has 0 saturated carbocycles. The van der Waals surface area contributed by atoms with Crippen LogP contribution in [0.4, 0.5) is 0 Å². The van der Waals surface area contributed by atoms with E-state index in [1.165, 1.54) is 5.56 Å². The normalized spacial score (nSPS) is 20.2. The summed E-state index contributed by atoms with van der Waals surface area (Å²) in [4.78, 5) is 11.9. The molecule has 0 atom stereocenters. The SMILES string of the molecule is CN=C(NCCN1CCOCC1)NCCN1CCN(Cc2ccccc2)CC1. The van der Waals surface area contributed by atoms with Gasteiger partial charge in [-0.1, -0.05) is 30.3 Å². The van der Waals surface area contributed by atoms with Crippen molar-refractivity contribution in [2.24, 2.45) is 4.99 Å². The van der Waals surface area contributed by atoms with E-state index in [-0.39, 0.29) is 0 Å². The number of hydrogen-bond donors (Lipinski definition) is 2. The number of hydrogen-bond acceptors (Lipinski definition) is 5. The zero-order valence-electron chi connectivity index (χ0n) is 17.3. The zero-order valence-corrected chi connectivity index (χ0v) is 17.3. The zero-order chi connectivity index (χ0) is 19.4. The average Bonchev–Trinajstić information content (AvgIpc) is 2.75. The summed E-state index contributed by atoms with van der Waals surface area (Å²) >= 11 is 0. The van der Waals surface area contributed by atoms with E-state index >= 15 is 0 Å². The molecule has 156 valence electrons. The maximum atomic E-state index is 5.39. The van der Waals surface area contributed by atoms with E-state index < -0.39 is 0 Å². The highest BCUT2D eigenvalue weighted by Gasteiger charge is 2.16. The summed E-state index contributed by atoms with van der Waals surface area (Å²) in [6, 6.07) is 10.8. The van der Waals surface area contributed by atoms with Gasteiger partial charge in [0.05, 0.1) is 13.2 Å². The summed E-state index contributed by atoms with van der Waals surface area (Å²) in [5.74, 6) is 0.899. The van der Waals surface area contributed by atoms with Gasteiger partial charge in [0.15, 0.2) is 5.96 Å². The molecule has 0 aliphatic carbocycles. The molecule has 2 aliphatic heterocycles. The lowest BCUT2D eigenvalue weighted by molar-refractivity contribution is 0.0389. The third kappa shape index (κ3) is 7.39. The van der Waals surface area contributed by atoms with Crippen molar-refractivity contribution >= 4 is 5.96 Å². The van der Waals surface area contributed by atoms with Crippen LogP contribution in [-0.2, 0) is 11.3 Å². The minimum absolute atomic E-state index is 0.853. The van der Waals surface area contributed by atoms with Crippen LogP contribution in [0.1, 0.15) is 5.56 Å². The van der Waals surface area contributed by atoms with Gasteiger partial charge in [0, 0.05) is 79.0 Å². The second-order valence-corrected chi connectivity index (χ2v) is 7.48. The second-order valence-electron chi connectivity index (χ2n) is 7.48. The van der Waals surface area contributed by atoms with Crippen LogP contribution >= 0.6 is 0 Å². The van der Waals surface area contributed by atoms with Gasteiger partial charge in [0.1, 0.15) is 0 Å². The monoisotopic (exact) mass is 388 g/mol. The molecular formula is C21H36N6O. The second kappa shape index (κ2) is 12.0. The topological polar surface area (TPSA) is 55.4 Å². The third-order valence-electron chi connectivity index (χ3n) is 5.48. The predicted octanol–water partition coefficient (Wildman–Crippen LogP) is 0.301. The highest BCUT2D eigenvalue weighted by atomic mass is 16.5. The maximum absolute atomic E-state index is 5.39. The molecule has 1 aromatic carbocycles. The summed E-state index contributed by atoms with van der Waals surface area (Å²) in [6.07, 6.45) is 0. The predicted molar refractivity (Wildman–Crippen MR) is 115 cm³/mol. The molecular weight excluding hydrogens is 352 g/mol. The van der Waals surface area contributed by atoms with Gasteiger partial charge in [-0.15, -0.1) is 0 Å². The fourth-order valence-corrected chi connectivity index (χ4v) is 3.72. The van der Waals surface area contributed by atoms with Crippen molar-refractivity contribution in [1.29, 1.82) is 0 Å². The fraction of sp³-hybridized carbons (Fsp3) is 0.667. The van der Waals surface area contributed by atoms with Crippen LogP contribution in [0.25, 0.3) is 0 Å². The number of benzene rings is 1. The van der Waals surface area contributed by atoms with Crippen LogP contribution in [0.5, 0.6) is 0 Å². The number of guanidine groups is 1. The third-order valence-corrected chi connectivity index (χ3v) is 5.48. The van der Waals surface area contributed by atoms with E-state index in [1.807, 2.05) is 7.05 Å². The molecule has 2 aliphatic rings. The van der Waals surface area contributed by atoms with Crippen molar-refractivity contribution in [1.82, 2.24) is 25.3 Å². The summed E-state index contributed by atoms with van der Waals surface area (Å²) in [6.45, 7) is 13.3. The van der Waals surface area contributed by atoms with Crippen molar-refractivity contribution in [3.8, 4) is 0 Å². The standard InChI is InChI=1S/C21H36N6O/c1-22-21(24-8-10-26-15-17-28-18-16-26)23-7-9-25-11-13-27(14-12-25)19-20-5-3-2-4-6-20/h2-6H,7-19H2,1H3,(H2,22,23,24). The van der Waals surface area contributed by atoms with Crippen LogP contribution < -0.4 is 10.6 Å². The minimum Gasteiger partial charge on any atom is -0.379 e. The molecule has 28 heavy (non-hydrogen) atoms. The lowest BCUT2D eigenvalue weighted by atomic mass is 10.2. The number of morpholine rings is 1. The van der Waals surface area contributed by atoms with Gasteiger partial charge in [0.2, 0.25) is 0 Å². The molecule has 2 saturated heterocycles. The number of aliphatic imine (C=N–C) groups is 1. The fourth-order valence-electron chi connectivity index (χ4n) is 3.72. The van der Waals surface area contributed by atoms with Crippen molar-refractivity contribution in [3.63, 3.8) is 0 Å². The minimum atomic E-state index is 0.853. The highest BCUT2D eigenvalue weighted by Crippen LogP contribution is 2.07. The molecule has 7 heteroatoms. The van der Waals surface area contributed by atoms with Crippen molar-refractivity contribution < 1.29 is 4.74 Å². The molecule has 0 amide bonds. The Balaban J connectivity index is 1.25. The van der Waals surface area contributed by atoms with E-state index in [0.717, 1.165) is 91.2 Å². The van der Waals surface area contributed by atoms with Crippen LogP contribution in [0.2, 0.25) is 0 Å². The largest absolute Gasteiger partial charge is 0.379 e. The van der Waals surface area contributed by atoms with Gasteiger partial charge in [-0.3, -0.25) is 19.7 Å². The maximum Gasteiger partial charge on any atom is 0.191 e. The van der Waals surface area contributed by atoms with E-state index in [9.17, 15) is 0 Å². The van der Waals surface area contributed by atoms with Crippen molar-refractivity contribution in [2.45, 2.75) is 6.54 Å². The molecule has 1 aromatic rings. The molecule has 2 fully saturated rings. The summed E-state index contributed by atoms with van der Waals surface area (Å²) in [7, 11) is 1.84. The lowest BCUT2D eigenvalue weighted by Gasteiger charge is -2.34. The Morgan fingerprint density at radius 3 is 2.04 bits per heavy atom. The van der Waals surface area contributed by atoms with E-state index in [1.54, 1.807) is 0 Å². The van der Waals surface area contributed by atoms with Gasteiger partial charge in [-0.05, 0) is 5.56 Å². The summed E-state index contributed by atoms with van der Waals surface area (Å²) in [5.41, 5.74) is 1.41. The Bertz CT molecular complexity index is 568. The molecule has 2 heterocycles. The molecule has 7 nitrogen and oxygen atoms in total. The molecule has 0 unspecified atom stereocenters. The van der Waals surface area contributed by atoms with Crippen LogP contribution in [0, 0.1) is 0 Å². The summed E-state index contributed by atoms with van der Waals surface area (Å²) in [5, 5.41) is 6.86. The Morgan fingerprint density at radius 2 is 1.43 bits per heavy atom. The van der Waals surface area contributed by atoms with Gasteiger partial charge >= 0.3 is 0 Å². The first kappa shape index (κ1) is 21.0. The van der Waals surface area contributed by atoms with Gasteiger partial charge in [0.25, 0.3) is 0 Å². The number of nitrogens with one attached hydrogen (secondary N) is 2. The molecule has 0 bridgehead atoms. The van der Waals surface area contributed by atoms with Gasteiger partial charge in [-0.2, -0.15) is 0 Å². The van der Waals surface area contributed by atoms with Gasteiger partial charge in [-0.25, -0.2) is 0 Å². The first-order valence-electron chi connectivity index (χ1n) is 10.6. The molecule has 0 spiro atoms. The van der Waals surface area contributed by atoms with Crippen molar-refractivity contribution in [3.05, 3.63) is 35.9 Å².